The topological polar surface area (TPSA) is 35.8 Å². The molecule has 1 N–H and O–H groups in total. The average Bonchev–Trinajstić information content (AvgIpc) is 1.65. The quantitative estimate of drug-likeness (QED) is 0.522. The van der Waals surface area contributed by atoms with Crippen molar-refractivity contribution < 1.29 is 0 Å². The van der Waals surface area contributed by atoms with Crippen LogP contribution in [0, 0.1) is 17.2 Å². The van der Waals surface area contributed by atoms with Crippen molar-refractivity contribution in [3.05, 3.63) is 0 Å². The normalized spacial score (nSPS) is 34.0. The van der Waals surface area contributed by atoms with Crippen LogP contribution in [0.1, 0.15) is 6.92 Å². The zero-order chi connectivity index (χ0) is 5.28. The van der Waals surface area contributed by atoms with Crippen LogP contribution in [0.25, 0.3) is 0 Å². The van der Waals surface area contributed by atoms with Crippen LogP contribution in [0.3, 0.4) is 0 Å². The summed E-state index contributed by atoms with van der Waals surface area (Å²) in [5.41, 5.74) is 0. The number of hydrogen-bond acceptors (Lipinski definition) is 2. The summed E-state index contributed by atoms with van der Waals surface area (Å²) in [6, 6.07) is 2.62. The van der Waals surface area contributed by atoms with E-state index in [1.54, 1.807) is 0 Å². The zero-order valence-corrected chi connectivity index (χ0v) is 5.53. The molecule has 1 saturated heterocycles. The van der Waals surface area contributed by atoms with Gasteiger partial charge in [-0.05, 0) is 6.92 Å². The molecule has 0 aromatic carbocycles. The van der Waals surface area contributed by atoms with Crippen molar-refractivity contribution in [3.63, 3.8) is 0 Å². The van der Waals surface area contributed by atoms with E-state index in [1.165, 1.54) is 0 Å². The largest absolute Gasteiger partial charge is 0.312 e. The molecule has 0 unspecified atom stereocenters. The van der Waals surface area contributed by atoms with Crippen LogP contribution in [0.2, 0.25) is 0 Å². The van der Waals surface area contributed by atoms with Crippen molar-refractivity contribution in [1.82, 2.24) is 5.32 Å². The predicted octanol–water partition coefficient (Wildman–Crippen LogP) is 0.540. The molecule has 1 rings (SSSR count). The monoisotopic (exact) mass is 132 g/mol. The number of nitrogens with zero attached hydrogens (tertiary/aromatic N) is 1. The summed E-state index contributed by atoms with van der Waals surface area (Å²) in [6.45, 7) is 2.91. The lowest BCUT2D eigenvalue weighted by Crippen LogP contribution is -2.49. The lowest BCUT2D eigenvalue weighted by Gasteiger charge is -2.29. The molecule has 2 atom stereocenters. The van der Waals surface area contributed by atoms with E-state index in [0.29, 0.717) is 6.04 Å². The molecule has 3 heteroatoms. The third-order valence-electron chi connectivity index (χ3n) is 1.43. The molecule has 2 nitrogen and oxygen atoms in total. The van der Waals surface area contributed by atoms with E-state index in [4.69, 9.17) is 5.26 Å². The van der Waals surface area contributed by atoms with E-state index in [0.717, 1.165) is 6.54 Å². The van der Waals surface area contributed by atoms with Crippen LogP contribution in [0.5, 0.6) is 0 Å². The molecule has 0 saturated carbocycles. The molecule has 1 heterocycles. The van der Waals surface area contributed by atoms with Crippen molar-refractivity contribution >= 4 is 12.4 Å². The van der Waals surface area contributed by atoms with Crippen molar-refractivity contribution in [2.75, 3.05) is 6.54 Å². The Hall–Kier alpha value is -0.260. The third-order valence-corrected chi connectivity index (χ3v) is 1.43. The maximum atomic E-state index is 8.27. The summed E-state index contributed by atoms with van der Waals surface area (Å²) in [7, 11) is 0. The highest BCUT2D eigenvalue weighted by atomic mass is 35.5. The summed E-state index contributed by atoms with van der Waals surface area (Å²) in [5.74, 6) is 0.278. The molecule has 0 aliphatic carbocycles. The SMILES string of the molecule is C[C@H]1NC[C@@H]1C#N.Cl. The third kappa shape index (κ3) is 1.12. The van der Waals surface area contributed by atoms with Gasteiger partial charge in [0.05, 0.1) is 12.0 Å². The zero-order valence-electron chi connectivity index (χ0n) is 4.72. The minimum atomic E-state index is 0. The Labute approximate surface area is 55.3 Å². The van der Waals surface area contributed by atoms with E-state index in [9.17, 15) is 0 Å². The van der Waals surface area contributed by atoms with E-state index >= 15 is 0 Å². The summed E-state index contributed by atoms with van der Waals surface area (Å²) in [4.78, 5) is 0. The van der Waals surface area contributed by atoms with Crippen LogP contribution >= 0.6 is 12.4 Å². The highest BCUT2D eigenvalue weighted by molar-refractivity contribution is 5.85. The minimum absolute atomic E-state index is 0. The Kier molecular flexibility index (Phi) is 2.81. The molecule has 46 valence electrons. The molecule has 0 aromatic rings. The molecular weight excluding hydrogens is 124 g/mol. The fraction of sp³-hybridized carbons (Fsp3) is 0.800. The number of rotatable bonds is 0. The van der Waals surface area contributed by atoms with Crippen LogP contribution < -0.4 is 5.32 Å². The predicted molar refractivity (Wildman–Crippen MR) is 33.8 cm³/mol. The second kappa shape index (κ2) is 2.91. The van der Waals surface area contributed by atoms with Gasteiger partial charge in [-0.25, -0.2) is 0 Å². The first-order chi connectivity index (χ1) is 3.34. The van der Waals surface area contributed by atoms with E-state index in [1.807, 2.05) is 6.92 Å². The fourth-order valence-electron chi connectivity index (χ4n) is 0.629. The second-order valence-corrected chi connectivity index (χ2v) is 1.93. The molecule has 0 bridgehead atoms. The van der Waals surface area contributed by atoms with Gasteiger partial charge in [0, 0.05) is 12.6 Å². The van der Waals surface area contributed by atoms with Gasteiger partial charge in [0.15, 0.2) is 0 Å². The standard InChI is InChI=1S/C5H8N2.ClH/c1-4-5(2-6)3-7-4;/h4-5,7H,3H2,1H3;1H/t4-,5+;/m1./s1. The first kappa shape index (κ1) is 7.74. The van der Waals surface area contributed by atoms with Crippen molar-refractivity contribution in [2.45, 2.75) is 13.0 Å². The smallest absolute Gasteiger partial charge is 0.0738 e. The number of halogens is 1. The fourth-order valence-corrected chi connectivity index (χ4v) is 0.629. The summed E-state index contributed by atoms with van der Waals surface area (Å²) in [5, 5.41) is 11.4. The van der Waals surface area contributed by atoms with Gasteiger partial charge in [-0.2, -0.15) is 5.26 Å². The van der Waals surface area contributed by atoms with Gasteiger partial charge in [-0.15, -0.1) is 12.4 Å². The van der Waals surface area contributed by atoms with Gasteiger partial charge in [0.25, 0.3) is 0 Å². The Morgan fingerprint density at radius 1 is 1.75 bits per heavy atom. The summed E-state index contributed by atoms with van der Waals surface area (Å²) < 4.78 is 0. The maximum absolute atomic E-state index is 8.27. The average molecular weight is 133 g/mol. The van der Waals surface area contributed by atoms with Gasteiger partial charge in [-0.3, -0.25) is 0 Å². The van der Waals surface area contributed by atoms with Crippen molar-refractivity contribution in [3.8, 4) is 6.07 Å². The van der Waals surface area contributed by atoms with Gasteiger partial charge < -0.3 is 5.32 Å². The van der Waals surface area contributed by atoms with Gasteiger partial charge >= 0.3 is 0 Å². The molecule has 0 spiro atoms. The Morgan fingerprint density at radius 3 is 2.38 bits per heavy atom. The molecule has 0 radical (unpaired) electrons. The Morgan fingerprint density at radius 2 is 2.38 bits per heavy atom. The Bertz CT molecular complexity index is 107. The van der Waals surface area contributed by atoms with Gasteiger partial charge in [0.2, 0.25) is 0 Å². The highest BCUT2D eigenvalue weighted by Gasteiger charge is 2.24. The lowest BCUT2D eigenvalue weighted by atomic mass is 9.95. The minimum Gasteiger partial charge on any atom is -0.312 e. The molecule has 0 amide bonds. The maximum Gasteiger partial charge on any atom is 0.0738 e. The van der Waals surface area contributed by atoms with E-state index < -0.39 is 0 Å². The number of nitrogens with one attached hydrogen (secondary N) is 1. The number of nitriles is 1. The highest BCUT2D eigenvalue weighted by Crippen LogP contribution is 2.09. The molecular formula is C5H9ClN2. The van der Waals surface area contributed by atoms with Crippen LogP contribution in [-0.4, -0.2) is 12.6 Å². The Balaban J connectivity index is 0.000000490. The first-order valence-corrected chi connectivity index (χ1v) is 2.47. The van der Waals surface area contributed by atoms with Crippen LogP contribution in [-0.2, 0) is 0 Å². The molecule has 8 heavy (non-hydrogen) atoms. The molecule has 1 aliphatic rings. The van der Waals surface area contributed by atoms with Gasteiger partial charge in [-0.1, -0.05) is 0 Å². The second-order valence-electron chi connectivity index (χ2n) is 1.93. The number of hydrogen-bond donors (Lipinski definition) is 1. The van der Waals surface area contributed by atoms with Crippen LogP contribution in [0.4, 0.5) is 0 Å². The van der Waals surface area contributed by atoms with Crippen LogP contribution in [0.15, 0.2) is 0 Å². The molecule has 0 aromatic heterocycles. The summed E-state index contributed by atoms with van der Waals surface area (Å²) in [6.07, 6.45) is 0. The van der Waals surface area contributed by atoms with Crippen molar-refractivity contribution in [1.29, 1.82) is 5.26 Å². The van der Waals surface area contributed by atoms with Gasteiger partial charge in [0.1, 0.15) is 0 Å². The lowest BCUT2D eigenvalue weighted by molar-refractivity contribution is 0.315. The molecule has 1 aliphatic heterocycles. The molecule has 1 fully saturated rings. The van der Waals surface area contributed by atoms with E-state index in [2.05, 4.69) is 11.4 Å². The summed E-state index contributed by atoms with van der Waals surface area (Å²) >= 11 is 0. The van der Waals surface area contributed by atoms with E-state index in [-0.39, 0.29) is 18.3 Å². The first-order valence-electron chi connectivity index (χ1n) is 2.47. The van der Waals surface area contributed by atoms with Crippen molar-refractivity contribution in [2.24, 2.45) is 5.92 Å².